The lowest BCUT2D eigenvalue weighted by Crippen LogP contribution is -2.34. The number of fused-ring (bicyclic) bond motifs is 1. The molecule has 0 radical (unpaired) electrons. The van der Waals surface area contributed by atoms with Gasteiger partial charge < -0.3 is 4.57 Å². The van der Waals surface area contributed by atoms with Crippen LogP contribution in [0.1, 0.15) is 24.4 Å². The Kier molecular flexibility index (Phi) is 5.01. The number of rotatable bonds is 4. The molecule has 4 aromatic rings. The summed E-state index contributed by atoms with van der Waals surface area (Å²) in [6.07, 6.45) is 3.72. The van der Waals surface area contributed by atoms with Gasteiger partial charge in [0, 0.05) is 31.9 Å². The van der Waals surface area contributed by atoms with E-state index in [2.05, 4.69) is 20.5 Å². The molecule has 1 saturated heterocycles. The zero-order chi connectivity index (χ0) is 20.5. The van der Waals surface area contributed by atoms with Crippen LogP contribution in [0.3, 0.4) is 0 Å². The summed E-state index contributed by atoms with van der Waals surface area (Å²) in [6.45, 7) is 2.40. The molecule has 30 heavy (non-hydrogen) atoms. The number of aromatic nitrogens is 3. The zero-order valence-electron chi connectivity index (χ0n) is 16.5. The van der Waals surface area contributed by atoms with Crippen molar-refractivity contribution in [3.05, 3.63) is 84.1 Å². The minimum absolute atomic E-state index is 0.315. The van der Waals surface area contributed by atoms with Gasteiger partial charge in [-0.15, -0.1) is 0 Å². The van der Waals surface area contributed by atoms with Crippen molar-refractivity contribution < 1.29 is 8.78 Å². The number of imidazole rings is 1. The van der Waals surface area contributed by atoms with E-state index in [1.165, 1.54) is 12.1 Å². The fraction of sp³-hybridized carbons (Fsp3) is 0.250. The van der Waals surface area contributed by atoms with Gasteiger partial charge in [-0.1, -0.05) is 24.3 Å². The lowest BCUT2D eigenvalue weighted by atomic mass is 10.0. The third-order valence-electron chi connectivity index (χ3n) is 5.80. The van der Waals surface area contributed by atoms with Crippen molar-refractivity contribution in [3.8, 4) is 11.5 Å². The summed E-state index contributed by atoms with van der Waals surface area (Å²) >= 11 is 0. The largest absolute Gasteiger partial charge is 0.319 e. The minimum Gasteiger partial charge on any atom is -0.319 e. The minimum atomic E-state index is -0.800. The standard InChI is InChI=1S/C24H22F2N4/c25-19-9-8-17(15-20(19)26)16-29-13-10-18(11-14-29)30-23-7-2-1-5-21(23)28-24(30)22-6-3-4-12-27-22/h1-9,12,15,18H,10-11,13-14,16H2. The highest BCUT2D eigenvalue weighted by molar-refractivity contribution is 5.80. The molecular formula is C24H22F2N4. The Morgan fingerprint density at radius 2 is 1.70 bits per heavy atom. The highest BCUT2D eigenvalue weighted by atomic mass is 19.2. The summed E-state index contributed by atoms with van der Waals surface area (Å²) in [7, 11) is 0. The van der Waals surface area contributed by atoms with Gasteiger partial charge in [-0.25, -0.2) is 13.8 Å². The second kappa shape index (κ2) is 7.95. The molecule has 2 aromatic carbocycles. The average molecular weight is 404 g/mol. The van der Waals surface area contributed by atoms with E-state index < -0.39 is 11.6 Å². The highest BCUT2D eigenvalue weighted by Gasteiger charge is 2.25. The molecule has 2 aromatic heterocycles. The molecule has 0 unspecified atom stereocenters. The maximum Gasteiger partial charge on any atom is 0.160 e. The normalized spacial score (nSPS) is 15.7. The van der Waals surface area contributed by atoms with Gasteiger partial charge in [0.05, 0.1) is 11.0 Å². The molecule has 0 amide bonds. The first-order valence-corrected chi connectivity index (χ1v) is 10.2. The lowest BCUT2D eigenvalue weighted by Gasteiger charge is -2.33. The van der Waals surface area contributed by atoms with Gasteiger partial charge in [0.15, 0.2) is 17.5 Å². The van der Waals surface area contributed by atoms with Gasteiger partial charge in [-0.05, 0) is 54.8 Å². The summed E-state index contributed by atoms with van der Waals surface area (Å²) in [6, 6.07) is 18.6. The third kappa shape index (κ3) is 3.59. The van der Waals surface area contributed by atoms with Crippen molar-refractivity contribution in [2.24, 2.45) is 0 Å². The first kappa shape index (κ1) is 18.9. The van der Waals surface area contributed by atoms with Crippen LogP contribution in [0.2, 0.25) is 0 Å². The second-order valence-corrected chi connectivity index (χ2v) is 7.76. The molecule has 0 atom stereocenters. The van der Waals surface area contributed by atoms with Gasteiger partial charge in [0.1, 0.15) is 5.69 Å². The van der Waals surface area contributed by atoms with Crippen LogP contribution in [0.4, 0.5) is 8.78 Å². The molecule has 152 valence electrons. The molecule has 0 spiro atoms. The molecule has 3 heterocycles. The average Bonchev–Trinajstić information content (AvgIpc) is 3.17. The van der Waals surface area contributed by atoms with Crippen LogP contribution in [0.25, 0.3) is 22.6 Å². The smallest absolute Gasteiger partial charge is 0.160 e. The molecule has 0 saturated carbocycles. The SMILES string of the molecule is Fc1ccc(CN2CCC(n3c(-c4ccccn4)nc4ccccc43)CC2)cc1F. The van der Waals surface area contributed by atoms with E-state index in [0.29, 0.717) is 12.6 Å². The van der Waals surface area contributed by atoms with Gasteiger partial charge in [0.2, 0.25) is 0 Å². The molecule has 1 fully saturated rings. The Morgan fingerprint density at radius 3 is 2.47 bits per heavy atom. The van der Waals surface area contributed by atoms with Crippen LogP contribution in [0.5, 0.6) is 0 Å². The molecule has 0 aliphatic carbocycles. The lowest BCUT2D eigenvalue weighted by molar-refractivity contribution is 0.182. The van der Waals surface area contributed by atoms with E-state index >= 15 is 0 Å². The van der Waals surface area contributed by atoms with E-state index in [1.54, 1.807) is 12.3 Å². The van der Waals surface area contributed by atoms with E-state index in [1.807, 2.05) is 36.4 Å². The van der Waals surface area contributed by atoms with E-state index in [0.717, 1.165) is 54.0 Å². The maximum absolute atomic E-state index is 13.5. The summed E-state index contributed by atoms with van der Waals surface area (Å²) in [5.41, 5.74) is 3.77. The summed E-state index contributed by atoms with van der Waals surface area (Å²) in [5.74, 6) is -0.686. The highest BCUT2D eigenvalue weighted by Crippen LogP contribution is 2.33. The third-order valence-corrected chi connectivity index (χ3v) is 5.80. The number of likely N-dealkylation sites (tertiary alicyclic amines) is 1. The van der Waals surface area contributed by atoms with E-state index in [9.17, 15) is 8.78 Å². The number of halogens is 2. The van der Waals surface area contributed by atoms with E-state index in [-0.39, 0.29) is 0 Å². The van der Waals surface area contributed by atoms with Crippen LogP contribution in [-0.2, 0) is 6.54 Å². The van der Waals surface area contributed by atoms with Crippen LogP contribution in [-0.4, -0.2) is 32.5 Å². The second-order valence-electron chi connectivity index (χ2n) is 7.76. The van der Waals surface area contributed by atoms with Crippen molar-refractivity contribution in [2.45, 2.75) is 25.4 Å². The summed E-state index contributed by atoms with van der Waals surface area (Å²) in [5, 5.41) is 0. The zero-order valence-corrected chi connectivity index (χ0v) is 16.5. The molecule has 0 bridgehead atoms. The Labute approximate surface area is 173 Å². The van der Waals surface area contributed by atoms with Gasteiger partial charge in [0.25, 0.3) is 0 Å². The van der Waals surface area contributed by atoms with Crippen molar-refractivity contribution >= 4 is 11.0 Å². The van der Waals surface area contributed by atoms with Crippen LogP contribution in [0.15, 0.2) is 66.9 Å². The van der Waals surface area contributed by atoms with Crippen molar-refractivity contribution in [2.75, 3.05) is 13.1 Å². The van der Waals surface area contributed by atoms with E-state index in [4.69, 9.17) is 4.98 Å². The molecule has 0 N–H and O–H groups in total. The van der Waals surface area contributed by atoms with Gasteiger partial charge >= 0.3 is 0 Å². The Balaban J connectivity index is 1.39. The van der Waals surface area contributed by atoms with Crippen LogP contribution in [0, 0.1) is 11.6 Å². The first-order valence-electron chi connectivity index (χ1n) is 10.2. The summed E-state index contributed by atoms with van der Waals surface area (Å²) < 4.78 is 29.0. The predicted molar refractivity (Wildman–Crippen MR) is 113 cm³/mol. The topological polar surface area (TPSA) is 34.0 Å². The molecule has 6 heteroatoms. The van der Waals surface area contributed by atoms with Crippen LogP contribution >= 0.6 is 0 Å². The van der Waals surface area contributed by atoms with Gasteiger partial charge in [-0.3, -0.25) is 9.88 Å². The molecular weight excluding hydrogens is 382 g/mol. The summed E-state index contributed by atoms with van der Waals surface area (Å²) in [4.78, 5) is 11.7. The molecule has 5 rings (SSSR count). The number of hydrogen-bond acceptors (Lipinski definition) is 3. The molecule has 1 aliphatic rings. The fourth-order valence-corrected chi connectivity index (χ4v) is 4.32. The monoisotopic (exact) mass is 404 g/mol. The number of para-hydroxylation sites is 2. The van der Waals surface area contributed by atoms with Crippen LogP contribution < -0.4 is 0 Å². The number of nitrogens with zero attached hydrogens (tertiary/aromatic N) is 4. The Hall–Kier alpha value is -3.12. The Bertz CT molecular complexity index is 1160. The molecule has 1 aliphatic heterocycles. The number of hydrogen-bond donors (Lipinski definition) is 0. The number of pyridine rings is 1. The molecule has 4 nitrogen and oxygen atoms in total. The van der Waals surface area contributed by atoms with Crippen molar-refractivity contribution in [3.63, 3.8) is 0 Å². The first-order chi connectivity index (χ1) is 14.7. The van der Waals surface area contributed by atoms with Crippen molar-refractivity contribution in [1.82, 2.24) is 19.4 Å². The predicted octanol–water partition coefficient (Wildman–Crippen LogP) is 5.21. The number of piperidine rings is 1. The fourth-order valence-electron chi connectivity index (χ4n) is 4.32. The maximum atomic E-state index is 13.5. The van der Waals surface area contributed by atoms with Gasteiger partial charge in [-0.2, -0.15) is 0 Å². The number of benzene rings is 2. The Morgan fingerprint density at radius 1 is 0.900 bits per heavy atom. The van der Waals surface area contributed by atoms with Crippen molar-refractivity contribution in [1.29, 1.82) is 0 Å². The quantitative estimate of drug-likeness (QED) is 0.468.